The summed E-state index contributed by atoms with van der Waals surface area (Å²) in [6.45, 7) is 5.89. The number of esters is 1. The second kappa shape index (κ2) is 15.2. The van der Waals surface area contributed by atoms with E-state index in [1.807, 2.05) is 0 Å². The van der Waals surface area contributed by atoms with Crippen molar-refractivity contribution in [2.24, 2.45) is 11.8 Å². The zero-order valence-corrected chi connectivity index (χ0v) is 17.1. The Labute approximate surface area is 161 Å². The average molecular weight is 367 g/mol. The van der Waals surface area contributed by atoms with Crippen LogP contribution in [0.25, 0.3) is 0 Å². The number of carbonyl (C=O) groups is 1. The molecule has 1 aliphatic carbocycles. The van der Waals surface area contributed by atoms with Crippen LogP contribution in [0.4, 0.5) is 0 Å². The maximum absolute atomic E-state index is 11.4. The Kier molecular flexibility index (Phi) is 13.6. The number of aliphatic hydroxyl groups excluding tert-OH is 1. The molecule has 0 aromatic heterocycles. The summed E-state index contributed by atoms with van der Waals surface area (Å²) in [5, 5.41) is 8.83. The molecule has 0 bridgehead atoms. The Morgan fingerprint density at radius 1 is 0.885 bits per heavy atom. The second-order valence-electron chi connectivity index (χ2n) is 8.19. The number of carbonyl (C=O) groups excluding carboxylic acids is 1. The number of rotatable bonds is 15. The Bertz CT molecular complexity index is 370. The lowest BCUT2D eigenvalue weighted by Gasteiger charge is -2.28. The molecule has 0 unspecified atom stereocenters. The molecule has 0 heterocycles. The fraction of sp³-hybridized carbons (Fsp3) is 0.870. The molecule has 26 heavy (non-hydrogen) atoms. The van der Waals surface area contributed by atoms with Gasteiger partial charge in [-0.15, -0.1) is 0 Å². The van der Waals surface area contributed by atoms with E-state index in [2.05, 4.69) is 13.5 Å². The van der Waals surface area contributed by atoms with Gasteiger partial charge in [0.15, 0.2) is 0 Å². The van der Waals surface area contributed by atoms with Crippen molar-refractivity contribution in [3.63, 3.8) is 0 Å². The molecule has 0 saturated heterocycles. The lowest BCUT2D eigenvalue weighted by atomic mass is 9.78. The van der Waals surface area contributed by atoms with Crippen molar-refractivity contribution in [2.75, 3.05) is 13.2 Å². The standard InChI is InChI=1S/C23H42O3/c1-3-4-5-6-7-8-9-10-12-21-14-16-22(17-15-21)13-11-18-26-23(25)20(2)19-24/h21-22,24H,2-19H2,1H3. The molecule has 0 aromatic rings. The Morgan fingerprint density at radius 2 is 1.38 bits per heavy atom. The van der Waals surface area contributed by atoms with Gasteiger partial charge in [-0.2, -0.15) is 0 Å². The van der Waals surface area contributed by atoms with Gasteiger partial charge in [0.05, 0.1) is 18.8 Å². The highest BCUT2D eigenvalue weighted by molar-refractivity contribution is 5.87. The van der Waals surface area contributed by atoms with E-state index in [0.717, 1.165) is 24.7 Å². The van der Waals surface area contributed by atoms with Crippen molar-refractivity contribution >= 4 is 5.97 Å². The molecule has 0 spiro atoms. The van der Waals surface area contributed by atoms with E-state index in [9.17, 15) is 4.79 Å². The largest absolute Gasteiger partial charge is 0.462 e. The third-order valence-corrected chi connectivity index (χ3v) is 5.90. The van der Waals surface area contributed by atoms with Crippen LogP contribution in [0.3, 0.4) is 0 Å². The monoisotopic (exact) mass is 366 g/mol. The quantitative estimate of drug-likeness (QED) is 0.213. The minimum Gasteiger partial charge on any atom is -0.462 e. The fourth-order valence-corrected chi connectivity index (χ4v) is 4.08. The maximum Gasteiger partial charge on any atom is 0.335 e. The molecule has 0 aromatic carbocycles. The van der Waals surface area contributed by atoms with E-state index in [-0.39, 0.29) is 12.2 Å². The highest BCUT2D eigenvalue weighted by Gasteiger charge is 2.20. The number of hydrogen-bond acceptors (Lipinski definition) is 3. The van der Waals surface area contributed by atoms with Crippen molar-refractivity contribution < 1.29 is 14.6 Å². The second-order valence-corrected chi connectivity index (χ2v) is 8.19. The van der Waals surface area contributed by atoms with Crippen LogP contribution in [0.5, 0.6) is 0 Å². The van der Waals surface area contributed by atoms with E-state index in [0.29, 0.717) is 6.61 Å². The first kappa shape index (κ1) is 23.2. The van der Waals surface area contributed by atoms with E-state index < -0.39 is 5.97 Å². The molecule has 1 aliphatic rings. The maximum atomic E-state index is 11.4. The first-order valence-corrected chi connectivity index (χ1v) is 11.1. The molecule has 3 heteroatoms. The van der Waals surface area contributed by atoms with Crippen LogP contribution < -0.4 is 0 Å². The number of unbranched alkanes of at least 4 members (excludes halogenated alkanes) is 7. The summed E-state index contributed by atoms with van der Waals surface area (Å²) in [5.41, 5.74) is 0.145. The lowest BCUT2D eigenvalue weighted by molar-refractivity contribution is -0.139. The van der Waals surface area contributed by atoms with E-state index in [1.165, 1.54) is 83.5 Å². The molecule has 3 nitrogen and oxygen atoms in total. The highest BCUT2D eigenvalue weighted by atomic mass is 16.5. The van der Waals surface area contributed by atoms with E-state index in [1.54, 1.807) is 0 Å². The van der Waals surface area contributed by atoms with Crippen molar-refractivity contribution in [1.82, 2.24) is 0 Å². The van der Waals surface area contributed by atoms with Crippen molar-refractivity contribution in [1.29, 1.82) is 0 Å². The van der Waals surface area contributed by atoms with Gasteiger partial charge in [0.2, 0.25) is 0 Å². The minimum atomic E-state index is -0.457. The predicted octanol–water partition coefficient (Wildman–Crippen LogP) is 6.20. The molecule has 0 atom stereocenters. The van der Waals surface area contributed by atoms with Crippen LogP contribution >= 0.6 is 0 Å². The number of ether oxygens (including phenoxy) is 1. The Balaban J connectivity index is 1.93. The van der Waals surface area contributed by atoms with Crippen LogP contribution in [0, 0.1) is 11.8 Å². The van der Waals surface area contributed by atoms with Gasteiger partial charge in [0.25, 0.3) is 0 Å². The summed E-state index contributed by atoms with van der Waals surface area (Å²) in [7, 11) is 0. The van der Waals surface area contributed by atoms with Gasteiger partial charge in [-0.05, 0) is 24.7 Å². The summed E-state index contributed by atoms with van der Waals surface area (Å²) in [4.78, 5) is 11.4. The lowest BCUT2D eigenvalue weighted by Crippen LogP contribution is -2.16. The molecule has 1 fully saturated rings. The highest BCUT2D eigenvalue weighted by Crippen LogP contribution is 2.34. The summed E-state index contributed by atoms with van der Waals surface area (Å²) in [6.07, 6.45) is 20.3. The molecule has 0 amide bonds. The smallest absolute Gasteiger partial charge is 0.335 e. The van der Waals surface area contributed by atoms with Gasteiger partial charge in [-0.25, -0.2) is 4.79 Å². The normalized spacial score (nSPS) is 20.1. The zero-order valence-electron chi connectivity index (χ0n) is 17.1. The SMILES string of the molecule is C=C(CO)C(=O)OCCCC1CCC(CCCCCCCCCC)CC1. The van der Waals surface area contributed by atoms with E-state index in [4.69, 9.17) is 9.84 Å². The van der Waals surface area contributed by atoms with Gasteiger partial charge >= 0.3 is 5.97 Å². The topological polar surface area (TPSA) is 46.5 Å². The van der Waals surface area contributed by atoms with Gasteiger partial charge in [-0.1, -0.05) is 97.0 Å². The van der Waals surface area contributed by atoms with Crippen LogP contribution in [0.1, 0.15) is 103 Å². The van der Waals surface area contributed by atoms with Crippen molar-refractivity contribution in [3.05, 3.63) is 12.2 Å². The molecule has 1 rings (SSSR count). The summed E-state index contributed by atoms with van der Waals surface area (Å²) in [6, 6.07) is 0. The minimum absolute atomic E-state index is 0.145. The molecule has 0 radical (unpaired) electrons. The first-order chi connectivity index (χ1) is 12.7. The third-order valence-electron chi connectivity index (χ3n) is 5.90. The fourth-order valence-electron chi connectivity index (χ4n) is 4.08. The van der Waals surface area contributed by atoms with Crippen LogP contribution in [-0.4, -0.2) is 24.3 Å². The molecular weight excluding hydrogens is 324 g/mol. The van der Waals surface area contributed by atoms with Crippen molar-refractivity contribution in [3.8, 4) is 0 Å². The van der Waals surface area contributed by atoms with Gasteiger partial charge in [-0.3, -0.25) is 0 Å². The van der Waals surface area contributed by atoms with E-state index >= 15 is 0 Å². The van der Waals surface area contributed by atoms with Crippen LogP contribution in [-0.2, 0) is 9.53 Å². The molecular formula is C23H42O3. The number of hydrogen-bond donors (Lipinski definition) is 1. The number of aliphatic hydroxyl groups is 1. The summed E-state index contributed by atoms with van der Waals surface area (Å²) in [5.74, 6) is 1.31. The zero-order chi connectivity index (χ0) is 19.0. The molecule has 152 valence electrons. The van der Waals surface area contributed by atoms with Crippen LogP contribution in [0.2, 0.25) is 0 Å². The molecule has 1 saturated carbocycles. The first-order valence-electron chi connectivity index (χ1n) is 11.1. The Morgan fingerprint density at radius 3 is 1.92 bits per heavy atom. The molecule has 1 N–H and O–H groups in total. The third kappa shape index (κ3) is 11.0. The summed E-state index contributed by atoms with van der Waals surface area (Å²) >= 11 is 0. The van der Waals surface area contributed by atoms with Gasteiger partial charge < -0.3 is 9.84 Å². The van der Waals surface area contributed by atoms with Gasteiger partial charge in [0.1, 0.15) is 0 Å². The molecule has 0 aliphatic heterocycles. The van der Waals surface area contributed by atoms with Crippen molar-refractivity contribution in [2.45, 2.75) is 103 Å². The summed E-state index contributed by atoms with van der Waals surface area (Å²) < 4.78 is 5.12. The predicted molar refractivity (Wildman–Crippen MR) is 109 cm³/mol. The average Bonchev–Trinajstić information content (AvgIpc) is 2.67. The Hall–Kier alpha value is -0.830. The van der Waals surface area contributed by atoms with Crippen LogP contribution in [0.15, 0.2) is 12.2 Å². The van der Waals surface area contributed by atoms with Gasteiger partial charge in [0, 0.05) is 0 Å².